The number of aromatic nitrogens is 5. The average molecular weight is 275 g/mol. The van der Waals surface area contributed by atoms with Crippen molar-refractivity contribution in [3.63, 3.8) is 0 Å². The van der Waals surface area contributed by atoms with E-state index in [-0.39, 0.29) is 5.92 Å². The lowest BCUT2D eigenvalue weighted by Crippen LogP contribution is -2.14. The Balaban J connectivity index is 2.56. The van der Waals surface area contributed by atoms with Crippen molar-refractivity contribution in [1.82, 2.24) is 24.7 Å². The van der Waals surface area contributed by atoms with E-state index in [4.69, 9.17) is 5.84 Å². The van der Waals surface area contributed by atoms with Gasteiger partial charge in [0.15, 0.2) is 11.6 Å². The molecule has 108 valence electrons. The van der Waals surface area contributed by atoms with Crippen LogP contribution in [0.4, 0.5) is 5.82 Å². The fraction of sp³-hybridized carbons (Fsp3) is 0.538. The number of hydrazine groups is 1. The zero-order valence-corrected chi connectivity index (χ0v) is 12.4. The van der Waals surface area contributed by atoms with Gasteiger partial charge in [-0.25, -0.2) is 20.8 Å². The lowest BCUT2D eigenvalue weighted by Gasteiger charge is -2.10. The molecule has 2 rings (SSSR count). The first kappa shape index (κ1) is 14.4. The van der Waals surface area contributed by atoms with Crippen molar-refractivity contribution in [2.45, 2.75) is 46.5 Å². The van der Waals surface area contributed by atoms with E-state index in [0.717, 1.165) is 30.3 Å². The summed E-state index contributed by atoms with van der Waals surface area (Å²) in [7, 11) is 0. The molecule has 20 heavy (non-hydrogen) atoms. The molecule has 0 saturated heterocycles. The Morgan fingerprint density at radius 3 is 2.50 bits per heavy atom. The van der Waals surface area contributed by atoms with Crippen LogP contribution in [0.25, 0.3) is 5.82 Å². The number of nitrogens with two attached hydrogens (primary N) is 1. The summed E-state index contributed by atoms with van der Waals surface area (Å²) in [6.45, 7) is 8.16. The zero-order valence-electron chi connectivity index (χ0n) is 12.4. The van der Waals surface area contributed by atoms with Gasteiger partial charge in [0.2, 0.25) is 0 Å². The molecule has 2 aromatic heterocycles. The molecule has 7 heteroatoms. The lowest BCUT2D eigenvalue weighted by molar-refractivity contribution is 0.723. The standard InChI is InChI=1S/C13H21N7/c1-5-9-15-11(6-2)20(19-9)12-7-10(18-14)16-13(17-12)8(3)4/h7-8H,5-6,14H2,1-4H3,(H,16,17,18). The molecule has 0 amide bonds. The van der Waals surface area contributed by atoms with Gasteiger partial charge in [0, 0.05) is 24.8 Å². The molecule has 0 aromatic carbocycles. The third kappa shape index (κ3) is 2.77. The van der Waals surface area contributed by atoms with Gasteiger partial charge in [-0.2, -0.15) is 4.68 Å². The van der Waals surface area contributed by atoms with Crippen molar-refractivity contribution in [1.29, 1.82) is 0 Å². The maximum atomic E-state index is 5.48. The first-order chi connectivity index (χ1) is 9.58. The van der Waals surface area contributed by atoms with Gasteiger partial charge in [-0.05, 0) is 0 Å². The fourth-order valence-electron chi connectivity index (χ4n) is 1.85. The molecule has 3 N–H and O–H groups in total. The molecule has 0 bridgehead atoms. The van der Waals surface area contributed by atoms with Gasteiger partial charge in [-0.15, -0.1) is 5.10 Å². The molecular weight excluding hydrogens is 254 g/mol. The molecular formula is C13H21N7. The number of anilines is 1. The molecule has 2 aromatic rings. The first-order valence-electron chi connectivity index (χ1n) is 6.89. The van der Waals surface area contributed by atoms with Crippen LogP contribution in [-0.2, 0) is 12.8 Å². The van der Waals surface area contributed by atoms with Crippen LogP contribution in [0.2, 0.25) is 0 Å². The summed E-state index contributed by atoms with van der Waals surface area (Å²) >= 11 is 0. The van der Waals surface area contributed by atoms with Crippen molar-refractivity contribution in [2.75, 3.05) is 5.43 Å². The Morgan fingerprint density at radius 1 is 1.20 bits per heavy atom. The molecule has 0 unspecified atom stereocenters. The summed E-state index contributed by atoms with van der Waals surface area (Å²) in [5.74, 6) is 9.39. The number of nitrogen functional groups attached to an aromatic ring is 1. The van der Waals surface area contributed by atoms with Gasteiger partial charge in [0.05, 0.1) is 0 Å². The summed E-state index contributed by atoms with van der Waals surface area (Å²) in [4.78, 5) is 13.4. The number of nitrogens with zero attached hydrogens (tertiary/aromatic N) is 5. The highest BCUT2D eigenvalue weighted by atomic mass is 15.4. The third-order valence-electron chi connectivity index (χ3n) is 2.96. The van der Waals surface area contributed by atoms with E-state index in [0.29, 0.717) is 11.6 Å². The van der Waals surface area contributed by atoms with E-state index in [9.17, 15) is 0 Å². The SMILES string of the molecule is CCc1nc(CC)n(-c2cc(NN)nc(C(C)C)n2)n1. The van der Waals surface area contributed by atoms with E-state index in [1.165, 1.54) is 0 Å². The Labute approximate surface area is 118 Å². The second kappa shape index (κ2) is 5.96. The summed E-state index contributed by atoms with van der Waals surface area (Å²) < 4.78 is 1.77. The van der Waals surface area contributed by atoms with E-state index in [1.807, 2.05) is 27.7 Å². The zero-order chi connectivity index (χ0) is 14.7. The minimum absolute atomic E-state index is 0.210. The van der Waals surface area contributed by atoms with Crippen LogP contribution >= 0.6 is 0 Å². The predicted molar refractivity (Wildman–Crippen MR) is 77.6 cm³/mol. The molecule has 2 heterocycles. The quantitative estimate of drug-likeness (QED) is 0.635. The van der Waals surface area contributed by atoms with Crippen LogP contribution in [0.15, 0.2) is 6.07 Å². The highest BCUT2D eigenvalue weighted by Gasteiger charge is 2.14. The largest absolute Gasteiger partial charge is 0.308 e. The summed E-state index contributed by atoms with van der Waals surface area (Å²) in [5.41, 5.74) is 2.58. The van der Waals surface area contributed by atoms with E-state index >= 15 is 0 Å². The molecule has 0 atom stereocenters. The van der Waals surface area contributed by atoms with Gasteiger partial charge in [0.1, 0.15) is 17.5 Å². The number of hydrogen-bond acceptors (Lipinski definition) is 6. The van der Waals surface area contributed by atoms with Crippen molar-refractivity contribution in [3.05, 3.63) is 23.5 Å². The maximum absolute atomic E-state index is 5.48. The molecule has 0 aliphatic heterocycles. The van der Waals surface area contributed by atoms with Crippen molar-refractivity contribution >= 4 is 5.82 Å². The Morgan fingerprint density at radius 2 is 1.95 bits per heavy atom. The van der Waals surface area contributed by atoms with Crippen LogP contribution in [0.3, 0.4) is 0 Å². The summed E-state index contributed by atoms with van der Waals surface area (Å²) in [6.07, 6.45) is 1.59. The molecule has 7 nitrogen and oxygen atoms in total. The fourth-order valence-corrected chi connectivity index (χ4v) is 1.85. The second-order valence-corrected chi connectivity index (χ2v) is 4.83. The number of aryl methyl sites for hydroxylation is 2. The molecule has 0 aliphatic carbocycles. The Hall–Kier alpha value is -2.02. The molecule has 0 saturated carbocycles. The van der Waals surface area contributed by atoms with E-state index in [1.54, 1.807) is 10.7 Å². The van der Waals surface area contributed by atoms with E-state index in [2.05, 4.69) is 25.5 Å². The number of rotatable bonds is 5. The van der Waals surface area contributed by atoms with Crippen molar-refractivity contribution in [3.8, 4) is 5.82 Å². The van der Waals surface area contributed by atoms with Crippen LogP contribution in [-0.4, -0.2) is 24.7 Å². The molecule has 0 fully saturated rings. The normalized spacial score (nSPS) is 11.1. The number of nitrogens with one attached hydrogen (secondary N) is 1. The highest BCUT2D eigenvalue weighted by molar-refractivity contribution is 5.41. The van der Waals surface area contributed by atoms with Crippen LogP contribution in [0.5, 0.6) is 0 Å². The molecule has 0 spiro atoms. The molecule has 0 aliphatic rings. The Kier molecular flexibility index (Phi) is 4.29. The van der Waals surface area contributed by atoms with Gasteiger partial charge >= 0.3 is 0 Å². The van der Waals surface area contributed by atoms with Gasteiger partial charge in [-0.3, -0.25) is 0 Å². The summed E-state index contributed by atoms with van der Waals surface area (Å²) in [6, 6.07) is 1.78. The van der Waals surface area contributed by atoms with Crippen LogP contribution in [0.1, 0.15) is 51.1 Å². The van der Waals surface area contributed by atoms with Gasteiger partial charge < -0.3 is 5.43 Å². The second-order valence-electron chi connectivity index (χ2n) is 4.83. The minimum Gasteiger partial charge on any atom is -0.308 e. The topological polar surface area (TPSA) is 94.5 Å². The highest BCUT2D eigenvalue weighted by Crippen LogP contribution is 2.17. The monoisotopic (exact) mass is 275 g/mol. The predicted octanol–water partition coefficient (Wildman–Crippen LogP) is 1.59. The smallest absolute Gasteiger partial charge is 0.161 e. The molecule has 0 radical (unpaired) electrons. The summed E-state index contributed by atoms with van der Waals surface area (Å²) in [5, 5.41) is 4.49. The van der Waals surface area contributed by atoms with Crippen LogP contribution < -0.4 is 11.3 Å². The van der Waals surface area contributed by atoms with Gasteiger partial charge in [0.25, 0.3) is 0 Å². The third-order valence-corrected chi connectivity index (χ3v) is 2.96. The van der Waals surface area contributed by atoms with Crippen molar-refractivity contribution in [2.24, 2.45) is 5.84 Å². The lowest BCUT2D eigenvalue weighted by atomic mass is 10.2. The average Bonchev–Trinajstić information content (AvgIpc) is 2.90. The van der Waals surface area contributed by atoms with Crippen LogP contribution in [0, 0.1) is 0 Å². The van der Waals surface area contributed by atoms with Crippen molar-refractivity contribution < 1.29 is 0 Å². The van der Waals surface area contributed by atoms with Gasteiger partial charge in [-0.1, -0.05) is 27.7 Å². The maximum Gasteiger partial charge on any atom is 0.161 e. The minimum atomic E-state index is 0.210. The first-order valence-corrected chi connectivity index (χ1v) is 6.89. The Bertz CT molecular complexity index is 588. The van der Waals surface area contributed by atoms with E-state index < -0.39 is 0 Å². The number of hydrogen-bond donors (Lipinski definition) is 2.